The first-order chi connectivity index (χ1) is 6.26. The summed E-state index contributed by atoms with van der Waals surface area (Å²) in [4.78, 5) is 21.9. The van der Waals surface area contributed by atoms with Crippen LogP contribution < -0.4 is 11.1 Å². The molecule has 2 amide bonds. The molecule has 1 atom stereocenters. The maximum absolute atomic E-state index is 11.2. The molecule has 0 aliphatic rings. The van der Waals surface area contributed by atoms with Crippen molar-refractivity contribution >= 4 is 24.6 Å². The van der Waals surface area contributed by atoms with Crippen molar-refractivity contribution in [3.8, 4) is 0 Å². The molecule has 0 aromatic carbocycles. The standard InChI is InChI=1S/C8H16N2O3S/c1-8(2,3)13-7(12)10-5(4-14)6(9)11/h5,14H,4H2,1-3H3,(H2,9,11)(H,10,12). The summed E-state index contributed by atoms with van der Waals surface area (Å²) in [5.74, 6) is -0.486. The molecule has 1 unspecified atom stereocenters. The fourth-order valence-electron chi connectivity index (χ4n) is 0.657. The van der Waals surface area contributed by atoms with Gasteiger partial charge in [0.2, 0.25) is 5.91 Å². The molecule has 82 valence electrons. The van der Waals surface area contributed by atoms with Crippen LogP contribution in [0.5, 0.6) is 0 Å². The minimum absolute atomic E-state index is 0.147. The normalized spacial score (nSPS) is 13.1. The zero-order chi connectivity index (χ0) is 11.4. The number of alkyl carbamates (subject to hydrolysis) is 1. The molecule has 14 heavy (non-hydrogen) atoms. The number of nitrogens with two attached hydrogens (primary N) is 1. The summed E-state index contributed by atoms with van der Waals surface area (Å²) in [6, 6.07) is -0.798. The van der Waals surface area contributed by atoms with Gasteiger partial charge in [-0.1, -0.05) is 0 Å². The molecular formula is C8H16N2O3S. The van der Waals surface area contributed by atoms with Crippen LogP contribution in [0.3, 0.4) is 0 Å². The molecule has 5 nitrogen and oxygen atoms in total. The van der Waals surface area contributed by atoms with Crippen molar-refractivity contribution in [1.82, 2.24) is 5.32 Å². The molecule has 0 aromatic rings. The molecule has 3 N–H and O–H groups in total. The molecular weight excluding hydrogens is 204 g/mol. The first kappa shape index (κ1) is 13.1. The van der Waals surface area contributed by atoms with Crippen molar-refractivity contribution in [2.45, 2.75) is 32.4 Å². The maximum Gasteiger partial charge on any atom is 0.408 e. The number of hydrogen-bond donors (Lipinski definition) is 3. The second-order valence-corrected chi connectivity index (χ2v) is 4.15. The number of thiol groups is 1. The van der Waals surface area contributed by atoms with E-state index in [4.69, 9.17) is 10.5 Å². The Hall–Kier alpha value is -0.910. The molecule has 0 radical (unpaired) electrons. The van der Waals surface area contributed by atoms with Gasteiger partial charge in [-0.15, -0.1) is 0 Å². The third kappa shape index (κ3) is 5.69. The van der Waals surface area contributed by atoms with Gasteiger partial charge in [-0.25, -0.2) is 4.79 Å². The maximum atomic E-state index is 11.2. The van der Waals surface area contributed by atoms with Crippen LogP contribution in [0.15, 0.2) is 0 Å². The van der Waals surface area contributed by atoms with E-state index in [0.717, 1.165) is 0 Å². The second kappa shape index (κ2) is 5.09. The molecule has 0 saturated heterocycles. The van der Waals surface area contributed by atoms with Crippen molar-refractivity contribution in [3.63, 3.8) is 0 Å². The van der Waals surface area contributed by atoms with Gasteiger partial charge in [0.1, 0.15) is 11.6 Å². The van der Waals surface area contributed by atoms with Crippen LogP contribution >= 0.6 is 12.6 Å². The van der Waals surface area contributed by atoms with Crippen LogP contribution in [0.25, 0.3) is 0 Å². The lowest BCUT2D eigenvalue weighted by atomic mass is 10.2. The van der Waals surface area contributed by atoms with Crippen molar-refractivity contribution in [2.24, 2.45) is 5.73 Å². The van der Waals surface area contributed by atoms with Gasteiger partial charge < -0.3 is 15.8 Å². The number of carbonyl (C=O) groups excluding carboxylic acids is 2. The summed E-state index contributed by atoms with van der Waals surface area (Å²) < 4.78 is 4.93. The summed E-state index contributed by atoms with van der Waals surface area (Å²) in [5, 5.41) is 2.31. The molecule has 0 aromatic heterocycles. The Morgan fingerprint density at radius 3 is 2.29 bits per heavy atom. The fourth-order valence-corrected chi connectivity index (χ4v) is 0.928. The van der Waals surface area contributed by atoms with Crippen LogP contribution in [-0.4, -0.2) is 29.4 Å². The number of ether oxygens (including phenoxy) is 1. The molecule has 0 saturated carbocycles. The number of carbonyl (C=O) groups is 2. The van der Waals surface area contributed by atoms with Gasteiger partial charge in [0.15, 0.2) is 0 Å². The lowest BCUT2D eigenvalue weighted by Crippen LogP contribution is -2.47. The Kier molecular flexibility index (Phi) is 4.76. The monoisotopic (exact) mass is 220 g/mol. The van der Waals surface area contributed by atoms with Crippen molar-refractivity contribution in [2.75, 3.05) is 5.75 Å². The highest BCUT2D eigenvalue weighted by molar-refractivity contribution is 7.80. The van der Waals surface area contributed by atoms with E-state index < -0.39 is 23.6 Å². The van der Waals surface area contributed by atoms with Crippen molar-refractivity contribution in [1.29, 1.82) is 0 Å². The van der Waals surface area contributed by atoms with E-state index in [-0.39, 0.29) is 5.75 Å². The summed E-state index contributed by atoms with van der Waals surface area (Å²) in [5.41, 5.74) is 4.41. The lowest BCUT2D eigenvalue weighted by molar-refractivity contribution is -0.119. The predicted molar refractivity (Wildman–Crippen MR) is 56.2 cm³/mol. The molecule has 6 heteroatoms. The molecule has 0 aliphatic heterocycles. The molecule has 0 aliphatic carbocycles. The average Bonchev–Trinajstić information content (AvgIpc) is 1.96. The van der Waals surface area contributed by atoms with Gasteiger partial charge in [-0.3, -0.25) is 4.79 Å². The number of hydrogen-bond acceptors (Lipinski definition) is 4. The van der Waals surface area contributed by atoms with E-state index in [1.807, 2.05) is 0 Å². The highest BCUT2D eigenvalue weighted by Gasteiger charge is 2.21. The summed E-state index contributed by atoms with van der Waals surface area (Å²) in [7, 11) is 0. The zero-order valence-electron chi connectivity index (χ0n) is 8.53. The van der Waals surface area contributed by atoms with Gasteiger partial charge in [0.25, 0.3) is 0 Å². The summed E-state index contributed by atoms with van der Waals surface area (Å²) in [6.45, 7) is 5.19. The second-order valence-electron chi connectivity index (χ2n) is 3.78. The minimum atomic E-state index is -0.798. The van der Waals surface area contributed by atoms with Crippen molar-refractivity contribution < 1.29 is 14.3 Å². The third-order valence-electron chi connectivity index (χ3n) is 1.22. The molecule has 0 spiro atoms. The summed E-state index contributed by atoms with van der Waals surface area (Å²) >= 11 is 3.87. The van der Waals surface area contributed by atoms with Gasteiger partial charge in [0, 0.05) is 5.75 Å². The van der Waals surface area contributed by atoms with E-state index >= 15 is 0 Å². The Labute approximate surface area is 88.8 Å². The van der Waals surface area contributed by atoms with E-state index in [1.165, 1.54) is 0 Å². The van der Waals surface area contributed by atoms with Crippen LogP contribution in [-0.2, 0) is 9.53 Å². The Morgan fingerprint density at radius 1 is 1.50 bits per heavy atom. The topological polar surface area (TPSA) is 81.4 Å². The van der Waals surface area contributed by atoms with Crippen LogP contribution in [0, 0.1) is 0 Å². The average molecular weight is 220 g/mol. The highest BCUT2D eigenvalue weighted by atomic mass is 32.1. The van der Waals surface area contributed by atoms with E-state index in [0.29, 0.717) is 0 Å². The molecule has 0 heterocycles. The number of rotatable bonds is 3. The van der Waals surface area contributed by atoms with Crippen LogP contribution in [0.4, 0.5) is 4.79 Å². The lowest BCUT2D eigenvalue weighted by Gasteiger charge is -2.21. The Balaban J connectivity index is 4.11. The SMILES string of the molecule is CC(C)(C)OC(=O)NC(CS)C(N)=O. The van der Waals surface area contributed by atoms with Crippen LogP contribution in [0.1, 0.15) is 20.8 Å². The fraction of sp³-hybridized carbons (Fsp3) is 0.750. The van der Waals surface area contributed by atoms with E-state index in [9.17, 15) is 9.59 Å². The first-order valence-electron chi connectivity index (χ1n) is 4.16. The molecule has 0 rings (SSSR count). The van der Waals surface area contributed by atoms with Crippen molar-refractivity contribution in [3.05, 3.63) is 0 Å². The molecule has 0 fully saturated rings. The Morgan fingerprint density at radius 2 is 2.00 bits per heavy atom. The summed E-state index contributed by atoms with van der Waals surface area (Å²) in [6.07, 6.45) is -0.671. The predicted octanol–water partition coefficient (Wildman–Crippen LogP) is 0.295. The van der Waals surface area contributed by atoms with E-state index in [1.54, 1.807) is 20.8 Å². The minimum Gasteiger partial charge on any atom is -0.444 e. The van der Waals surface area contributed by atoms with Gasteiger partial charge in [-0.05, 0) is 20.8 Å². The number of primary amides is 1. The smallest absolute Gasteiger partial charge is 0.408 e. The number of nitrogens with one attached hydrogen (secondary N) is 1. The van der Waals surface area contributed by atoms with E-state index in [2.05, 4.69) is 17.9 Å². The molecule has 0 bridgehead atoms. The van der Waals surface area contributed by atoms with Gasteiger partial charge in [0.05, 0.1) is 0 Å². The first-order valence-corrected chi connectivity index (χ1v) is 4.79. The largest absolute Gasteiger partial charge is 0.444 e. The quantitative estimate of drug-likeness (QED) is 0.598. The highest BCUT2D eigenvalue weighted by Crippen LogP contribution is 2.06. The van der Waals surface area contributed by atoms with Crippen LogP contribution in [0.2, 0.25) is 0 Å². The number of amides is 2. The zero-order valence-corrected chi connectivity index (χ0v) is 9.43. The van der Waals surface area contributed by atoms with Gasteiger partial charge in [-0.2, -0.15) is 12.6 Å². The third-order valence-corrected chi connectivity index (χ3v) is 1.58. The Bertz CT molecular complexity index is 225. The van der Waals surface area contributed by atoms with Gasteiger partial charge >= 0.3 is 6.09 Å².